The molecule has 14 nitrogen and oxygen atoms in total. The zero-order valence-corrected chi connectivity index (χ0v) is 34.9. The van der Waals surface area contributed by atoms with Crippen molar-refractivity contribution < 1.29 is 27.5 Å². The van der Waals surface area contributed by atoms with Gasteiger partial charge in [0.2, 0.25) is 11.9 Å². The van der Waals surface area contributed by atoms with E-state index >= 15 is 17.6 Å². The molecule has 0 radical (unpaired) electrons. The maximum Gasteiger partial charge on any atom is 0.290 e. The van der Waals surface area contributed by atoms with Crippen molar-refractivity contribution in [1.29, 1.82) is 0 Å². The lowest BCUT2D eigenvalue weighted by molar-refractivity contribution is -0.122. The van der Waals surface area contributed by atoms with E-state index in [-0.39, 0.29) is 69.8 Å². The summed E-state index contributed by atoms with van der Waals surface area (Å²) in [4.78, 5) is 45.9. The molecule has 1 aliphatic heterocycles. The number of pyridine rings is 1. The molecule has 0 amide bonds. The van der Waals surface area contributed by atoms with Gasteiger partial charge in [-0.1, -0.05) is 13.0 Å². The van der Waals surface area contributed by atoms with Crippen molar-refractivity contribution in [2.24, 2.45) is 0 Å². The number of imidazole rings is 2. The number of nitrogens with zero attached hydrogens (tertiary/aromatic N) is 12. The monoisotopic (exact) mass is 838 g/mol. The lowest BCUT2D eigenvalue weighted by atomic mass is 10.1. The summed E-state index contributed by atoms with van der Waals surface area (Å²) < 4.78 is 66.6. The van der Waals surface area contributed by atoms with Crippen LogP contribution in [0.25, 0.3) is 44.6 Å². The molecule has 18 heteroatoms. The minimum absolute atomic E-state index is 0.0510. The molecule has 8 rings (SSSR count). The number of halogens is 4. The summed E-state index contributed by atoms with van der Waals surface area (Å²) in [5.41, 5.74) is 2.17. The number of carboxylic acid groups (broad SMARTS) is 1. The Hall–Kier alpha value is -6.40. The minimum atomic E-state index is -0.803. The highest BCUT2D eigenvalue weighted by Crippen LogP contribution is 2.36. The third kappa shape index (κ3) is 8.50. The Morgan fingerprint density at radius 1 is 0.672 bits per heavy atom. The zero-order chi connectivity index (χ0) is 43.7. The van der Waals surface area contributed by atoms with Crippen molar-refractivity contribution in [3.05, 3.63) is 95.5 Å². The Balaban J connectivity index is 0.00000182. The summed E-state index contributed by atoms with van der Waals surface area (Å²) in [5, 5.41) is 6.89. The molecular formula is C43H46F4N12O2. The van der Waals surface area contributed by atoms with Gasteiger partial charge in [-0.15, -0.1) is 0 Å². The number of hydrogen-bond acceptors (Lipinski definition) is 11. The number of aryl methyl sites for hydroxylation is 2. The highest BCUT2D eigenvalue weighted by Gasteiger charge is 2.26. The fourth-order valence-corrected chi connectivity index (χ4v) is 7.91. The van der Waals surface area contributed by atoms with Crippen molar-refractivity contribution in [1.82, 2.24) is 53.8 Å². The molecule has 0 atom stereocenters. The van der Waals surface area contributed by atoms with E-state index in [0.29, 0.717) is 29.2 Å². The second-order valence-corrected chi connectivity index (χ2v) is 15.3. The molecule has 6 heterocycles. The molecule has 0 saturated carbocycles. The molecule has 5 aromatic heterocycles. The molecule has 0 bridgehead atoms. The minimum Gasteiger partial charge on any atom is -0.483 e. The Labute approximate surface area is 349 Å². The number of anilines is 3. The van der Waals surface area contributed by atoms with Gasteiger partial charge < -0.3 is 19.1 Å². The number of rotatable bonds is 10. The molecule has 7 aromatic rings. The Kier molecular flexibility index (Phi) is 12.4. The van der Waals surface area contributed by atoms with E-state index in [0.717, 1.165) is 50.7 Å². The van der Waals surface area contributed by atoms with Gasteiger partial charge in [0.1, 0.15) is 39.9 Å². The van der Waals surface area contributed by atoms with Gasteiger partial charge >= 0.3 is 0 Å². The van der Waals surface area contributed by atoms with Gasteiger partial charge in [-0.3, -0.25) is 9.69 Å². The van der Waals surface area contributed by atoms with Gasteiger partial charge in [0.05, 0.1) is 23.4 Å². The first-order valence-electron chi connectivity index (χ1n) is 19.9. The molecule has 1 N–H and O–H groups in total. The number of aromatic nitrogens is 9. The molecule has 2 aromatic carbocycles. The Bertz CT molecular complexity index is 2560. The fraction of sp³-hybridized carbons (Fsp3) is 0.349. The molecule has 1 fully saturated rings. The van der Waals surface area contributed by atoms with Gasteiger partial charge in [-0.05, 0) is 84.0 Å². The van der Waals surface area contributed by atoms with Crippen LogP contribution in [0.15, 0.2) is 55.0 Å². The fourth-order valence-electron chi connectivity index (χ4n) is 7.91. The SMILES string of the molecule is CCN1CCN(Cc2ccc(N(c3ncc(F)c(-c4cc(F)c5nc(C)n(C(C)C)c5c4)n3)c3ncc(F)c(-c4cc(F)c5nc(C)n(C(C)C)c5c4)n3)nc2)CC1.O=CO. The van der Waals surface area contributed by atoms with E-state index in [1.54, 1.807) is 38.2 Å². The quantitative estimate of drug-likeness (QED) is 0.104. The van der Waals surface area contributed by atoms with Crippen LogP contribution in [-0.4, -0.2) is 98.1 Å². The Morgan fingerprint density at radius 2 is 1.13 bits per heavy atom. The van der Waals surface area contributed by atoms with Crippen molar-refractivity contribution in [3.8, 4) is 22.5 Å². The van der Waals surface area contributed by atoms with Crippen LogP contribution in [0.3, 0.4) is 0 Å². The lowest BCUT2D eigenvalue weighted by Gasteiger charge is -2.34. The predicted octanol–water partition coefficient (Wildman–Crippen LogP) is 8.34. The number of fused-ring (bicyclic) bond motifs is 2. The van der Waals surface area contributed by atoms with Gasteiger partial charge in [0.25, 0.3) is 6.47 Å². The number of carbonyl (C=O) groups is 1. The topological polar surface area (TPSA) is 147 Å². The zero-order valence-electron chi connectivity index (χ0n) is 34.9. The van der Waals surface area contributed by atoms with Crippen LogP contribution in [0.1, 0.15) is 63.9 Å². The number of likely N-dealkylation sites (N-methyl/N-ethyl adjacent to an activating group) is 1. The van der Waals surface area contributed by atoms with E-state index in [2.05, 4.69) is 46.6 Å². The summed E-state index contributed by atoms with van der Waals surface area (Å²) >= 11 is 0. The molecule has 1 aliphatic rings. The molecule has 0 aliphatic carbocycles. The van der Waals surface area contributed by atoms with Crippen molar-refractivity contribution in [2.75, 3.05) is 37.6 Å². The van der Waals surface area contributed by atoms with Crippen LogP contribution >= 0.6 is 0 Å². The third-order valence-electron chi connectivity index (χ3n) is 10.6. The van der Waals surface area contributed by atoms with Crippen LogP contribution < -0.4 is 4.90 Å². The highest BCUT2D eigenvalue weighted by atomic mass is 19.1. The van der Waals surface area contributed by atoms with Crippen LogP contribution in [0.4, 0.5) is 35.3 Å². The lowest BCUT2D eigenvalue weighted by Crippen LogP contribution is -2.45. The second kappa shape index (κ2) is 17.7. The highest BCUT2D eigenvalue weighted by molar-refractivity contribution is 5.84. The van der Waals surface area contributed by atoms with Gasteiger partial charge in [0.15, 0.2) is 23.3 Å². The van der Waals surface area contributed by atoms with Crippen molar-refractivity contribution in [3.63, 3.8) is 0 Å². The summed E-state index contributed by atoms with van der Waals surface area (Å²) in [6, 6.07) is 9.21. The van der Waals surface area contributed by atoms with E-state index in [9.17, 15) is 0 Å². The molecule has 318 valence electrons. The number of benzene rings is 2. The van der Waals surface area contributed by atoms with Gasteiger partial charge in [0, 0.05) is 62.1 Å². The maximum absolute atomic E-state index is 15.8. The van der Waals surface area contributed by atoms with Crippen LogP contribution in [0.5, 0.6) is 0 Å². The van der Waals surface area contributed by atoms with E-state index in [1.807, 2.05) is 42.9 Å². The summed E-state index contributed by atoms with van der Waals surface area (Å²) in [5.74, 6) is -1.63. The maximum atomic E-state index is 15.8. The van der Waals surface area contributed by atoms with Gasteiger partial charge in [-0.25, -0.2) is 57.3 Å². The first kappa shape index (κ1) is 42.7. The predicted molar refractivity (Wildman–Crippen MR) is 224 cm³/mol. The molecule has 1 saturated heterocycles. The summed E-state index contributed by atoms with van der Waals surface area (Å²) in [7, 11) is 0. The molecule has 0 spiro atoms. The second-order valence-electron chi connectivity index (χ2n) is 15.3. The van der Waals surface area contributed by atoms with E-state index in [1.165, 1.54) is 17.0 Å². The van der Waals surface area contributed by atoms with Crippen LogP contribution in [-0.2, 0) is 11.3 Å². The van der Waals surface area contributed by atoms with Gasteiger partial charge in [-0.2, -0.15) is 0 Å². The smallest absolute Gasteiger partial charge is 0.290 e. The van der Waals surface area contributed by atoms with E-state index in [4.69, 9.17) is 14.9 Å². The molecule has 61 heavy (non-hydrogen) atoms. The summed E-state index contributed by atoms with van der Waals surface area (Å²) in [6.45, 7) is 18.8. The number of hydrogen-bond donors (Lipinski definition) is 1. The first-order chi connectivity index (χ1) is 29.2. The van der Waals surface area contributed by atoms with Crippen molar-refractivity contribution in [2.45, 2.75) is 67.1 Å². The standard InChI is InChI=1S/C42H44F4N12.CH2O2/c1-8-54-11-13-55(14-12-54)22-27-9-10-36(47-19-27)58(41-48-20-32(45)37(52-41)28-15-30(43)39-34(17-28)56(23(2)3)25(6)50-39)42-49-21-33(46)38(53-42)29-16-31(44)40-35(18-29)57(24(4)5)26(7)51-40;2-1-3/h9-10,15-21,23-24H,8,11-14,22H2,1-7H3;1H,(H,2,3). The van der Waals surface area contributed by atoms with Crippen LogP contribution in [0, 0.1) is 37.1 Å². The number of piperazine rings is 1. The molecular weight excluding hydrogens is 793 g/mol. The average Bonchev–Trinajstić information content (AvgIpc) is 3.76. The Morgan fingerprint density at radius 3 is 1.54 bits per heavy atom. The van der Waals surface area contributed by atoms with Crippen molar-refractivity contribution >= 4 is 46.3 Å². The average molecular weight is 839 g/mol. The third-order valence-corrected chi connectivity index (χ3v) is 10.6. The first-order valence-corrected chi connectivity index (χ1v) is 19.9. The van der Waals surface area contributed by atoms with E-state index < -0.39 is 23.3 Å². The normalized spacial score (nSPS) is 13.7. The van der Waals surface area contributed by atoms with Crippen LogP contribution in [0.2, 0.25) is 0 Å². The largest absolute Gasteiger partial charge is 0.483 e. The molecule has 0 unspecified atom stereocenters. The summed E-state index contributed by atoms with van der Waals surface area (Å²) in [6.07, 6.45) is 3.68.